The van der Waals surface area contributed by atoms with Crippen molar-refractivity contribution in [3.8, 4) is 11.5 Å². The lowest BCUT2D eigenvalue weighted by Crippen LogP contribution is -2.20. The van der Waals surface area contributed by atoms with Gasteiger partial charge in [-0.05, 0) is 59.1 Å². The van der Waals surface area contributed by atoms with Gasteiger partial charge in [-0.2, -0.15) is 0 Å². The highest BCUT2D eigenvalue weighted by molar-refractivity contribution is 5.91. The molecule has 3 nitrogen and oxygen atoms in total. The molecule has 0 fully saturated rings. The molecule has 0 aliphatic heterocycles. The first-order valence-corrected chi connectivity index (χ1v) is 13.1. The molecular weight excluding hydrogens is 444 g/mol. The zero-order chi connectivity index (χ0) is 25.7. The van der Waals surface area contributed by atoms with Gasteiger partial charge in [0.15, 0.2) is 6.29 Å². The fourth-order valence-electron chi connectivity index (χ4n) is 5.00. The Bertz CT molecular complexity index is 1280. The van der Waals surface area contributed by atoms with Gasteiger partial charge in [-0.3, -0.25) is 0 Å². The molecule has 0 aliphatic rings. The summed E-state index contributed by atoms with van der Waals surface area (Å²) < 4.78 is 18.2. The standard InChI is InChI=1S/C33H40O3/c1-23(2)30(22-33(4,5)6)28-15-10-17-29-27(28)16-11-19-32(29)36-24(3)34-20-21-35-31-18-9-13-25-12-7-8-14-26(25)31/h7-19,23-24,30H,20-22H2,1-6H3. The minimum absolute atomic E-state index is 0.266. The molecular formula is C33H40O3. The number of hydrogen-bond acceptors (Lipinski definition) is 3. The second-order valence-electron chi connectivity index (χ2n) is 11.2. The van der Waals surface area contributed by atoms with Gasteiger partial charge in [0.1, 0.15) is 18.1 Å². The van der Waals surface area contributed by atoms with Crippen molar-refractivity contribution < 1.29 is 14.2 Å². The third-order valence-corrected chi connectivity index (χ3v) is 6.69. The molecule has 0 saturated heterocycles. The summed E-state index contributed by atoms with van der Waals surface area (Å²) in [6.07, 6.45) is 0.760. The van der Waals surface area contributed by atoms with E-state index in [1.54, 1.807) is 0 Å². The van der Waals surface area contributed by atoms with Crippen molar-refractivity contribution in [3.63, 3.8) is 0 Å². The van der Waals surface area contributed by atoms with Crippen molar-refractivity contribution in [2.24, 2.45) is 11.3 Å². The highest BCUT2D eigenvalue weighted by Gasteiger charge is 2.25. The molecule has 3 heteroatoms. The highest BCUT2D eigenvalue weighted by Crippen LogP contribution is 2.40. The van der Waals surface area contributed by atoms with Crippen LogP contribution in [0.5, 0.6) is 11.5 Å². The zero-order valence-electron chi connectivity index (χ0n) is 22.6. The number of fused-ring (bicyclic) bond motifs is 2. The quantitative estimate of drug-likeness (QED) is 0.166. The van der Waals surface area contributed by atoms with Crippen LogP contribution in [0.1, 0.15) is 59.4 Å². The molecule has 0 heterocycles. The Kier molecular flexibility index (Phi) is 8.21. The molecule has 2 atom stereocenters. The normalized spacial score (nSPS) is 13.8. The number of hydrogen-bond donors (Lipinski definition) is 0. The summed E-state index contributed by atoms with van der Waals surface area (Å²) in [6.45, 7) is 14.5. The Labute approximate surface area is 216 Å². The Morgan fingerprint density at radius 3 is 2.08 bits per heavy atom. The second kappa shape index (κ2) is 11.3. The van der Waals surface area contributed by atoms with Crippen molar-refractivity contribution in [2.75, 3.05) is 13.2 Å². The average molecular weight is 485 g/mol. The summed E-state index contributed by atoms with van der Waals surface area (Å²) in [5.41, 5.74) is 1.67. The van der Waals surface area contributed by atoms with E-state index in [0.717, 1.165) is 28.7 Å². The summed E-state index contributed by atoms with van der Waals surface area (Å²) in [5, 5.41) is 4.69. The van der Waals surface area contributed by atoms with Gasteiger partial charge in [0.05, 0.1) is 6.61 Å². The van der Waals surface area contributed by atoms with Crippen LogP contribution in [0.2, 0.25) is 0 Å². The fourth-order valence-corrected chi connectivity index (χ4v) is 5.00. The SMILES string of the molecule is CC(OCCOc1cccc2ccccc12)Oc1cccc2c(C(CC(C)(C)C)C(C)C)cccc12. The molecule has 0 spiro atoms. The third-order valence-electron chi connectivity index (χ3n) is 6.69. The molecule has 4 rings (SSSR count). The minimum Gasteiger partial charge on any atom is -0.491 e. The predicted octanol–water partition coefficient (Wildman–Crippen LogP) is 8.99. The van der Waals surface area contributed by atoms with Crippen LogP contribution in [0.15, 0.2) is 78.9 Å². The Morgan fingerprint density at radius 1 is 0.667 bits per heavy atom. The lowest BCUT2D eigenvalue weighted by atomic mass is 9.75. The van der Waals surface area contributed by atoms with Gasteiger partial charge in [-0.25, -0.2) is 0 Å². The van der Waals surface area contributed by atoms with Crippen molar-refractivity contribution in [2.45, 2.75) is 60.2 Å². The van der Waals surface area contributed by atoms with Crippen LogP contribution in [-0.2, 0) is 4.74 Å². The molecule has 0 bridgehead atoms. The molecule has 190 valence electrons. The number of ether oxygens (including phenoxy) is 3. The van der Waals surface area contributed by atoms with Crippen LogP contribution in [0.4, 0.5) is 0 Å². The highest BCUT2D eigenvalue weighted by atomic mass is 16.7. The first kappa shape index (κ1) is 26.0. The third kappa shape index (κ3) is 6.39. The molecule has 0 amide bonds. The van der Waals surface area contributed by atoms with Gasteiger partial charge in [0.2, 0.25) is 0 Å². The van der Waals surface area contributed by atoms with Gasteiger partial charge >= 0.3 is 0 Å². The Balaban J connectivity index is 1.42. The maximum absolute atomic E-state index is 6.27. The summed E-state index contributed by atoms with van der Waals surface area (Å²) in [4.78, 5) is 0. The molecule has 0 radical (unpaired) electrons. The maximum atomic E-state index is 6.27. The van der Waals surface area contributed by atoms with Crippen molar-refractivity contribution in [1.82, 2.24) is 0 Å². The second-order valence-corrected chi connectivity index (χ2v) is 11.2. The molecule has 0 N–H and O–H groups in total. The summed E-state index contributed by atoms with van der Waals surface area (Å²) in [5.74, 6) is 2.78. The van der Waals surface area contributed by atoms with E-state index >= 15 is 0 Å². The van der Waals surface area contributed by atoms with E-state index in [-0.39, 0.29) is 11.7 Å². The van der Waals surface area contributed by atoms with Gasteiger partial charge < -0.3 is 14.2 Å². The van der Waals surface area contributed by atoms with Crippen LogP contribution < -0.4 is 9.47 Å². The number of rotatable bonds is 10. The van der Waals surface area contributed by atoms with Crippen LogP contribution in [-0.4, -0.2) is 19.5 Å². The van der Waals surface area contributed by atoms with Gasteiger partial charge in [0.25, 0.3) is 0 Å². The van der Waals surface area contributed by atoms with Crippen LogP contribution in [0.25, 0.3) is 21.5 Å². The minimum atomic E-state index is -0.383. The van der Waals surface area contributed by atoms with E-state index in [1.165, 1.54) is 16.3 Å². The van der Waals surface area contributed by atoms with Crippen molar-refractivity contribution >= 4 is 21.5 Å². The molecule has 4 aromatic rings. The van der Waals surface area contributed by atoms with E-state index in [4.69, 9.17) is 14.2 Å². The van der Waals surface area contributed by atoms with Crippen molar-refractivity contribution in [1.29, 1.82) is 0 Å². The smallest absolute Gasteiger partial charge is 0.197 e. The summed E-state index contributed by atoms with van der Waals surface area (Å²) >= 11 is 0. The summed E-state index contributed by atoms with van der Waals surface area (Å²) in [7, 11) is 0. The van der Waals surface area contributed by atoms with E-state index in [1.807, 2.05) is 37.3 Å². The van der Waals surface area contributed by atoms with E-state index in [9.17, 15) is 0 Å². The molecule has 0 aromatic heterocycles. The Morgan fingerprint density at radius 2 is 1.31 bits per heavy atom. The van der Waals surface area contributed by atoms with Crippen molar-refractivity contribution in [3.05, 3.63) is 84.4 Å². The predicted molar refractivity (Wildman–Crippen MR) is 151 cm³/mol. The maximum Gasteiger partial charge on any atom is 0.197 e. The zero-order valence-corrected chi connectivity index (χ0v) is 22.6. The number of benzene rings is 4. The summed E-state index contributed by atoms with van der Waals surface area (Å²) in [6, 6.07) is 27.3. The fraction of sp³-hybridized carbons (Fsp3) is 0.394. The van der Waals surface area contributed by atoms with Crippen LogP contribution in [0.3, 0.4) is 0 Å². The molecule has 4 aromatic carbocycles. The topological polar surface area (TPSA) is 27.7 Å². The first-order valence-electron chi connectivity index (χ1n) is 13.1. The van der Waals surface area contributed by atoms with Crippen LogP contribution >= 0.6 is 0 Å². The van der Waals surface area contributed by atoms with Gasteiger partial charge in [-0.1, -0.05) is 101 Å². The van der Waals surface area contributed by atoms with E-state index in [0.29, 0.717) is 25.0 Å². The van der Waals surface area contributed by atoms with Crippen LogP contribution in [0, 0.1) is 11.3 Å². The molecule has 0 saturated carbocycles. The van der Waals surface area contributed by atoms with Gasteiger partial charge in [-0.15, -0.1) is 0 Å². The van der Waals surface area contributed by atoms with E-state index in [2.05, 4.69) is 83.1 Å². The largest absolute Gasteiger partial charge is 0.491 e. The first-order chi connectivity index (χ1) is 17.2. The van der Waals surface area contributed by atoms with E-state index < -0.39 is 0 Å². The molecule has 0 aliphatic carbocycles. The molecule has 2 unspecified atom stereocenters. The average Bonchev–Trinajstić information content (AvgIpc) is 2.84. The van der Waals surface area contributed by atoms with Gasteiger partial charge in [0, 0.05) is 10.8 Å². The lowest BCUT2D eigenvalue weighted by molar-refractivity contribution is -0.0730. The monoisotopic (exact) mass is 484 g/mol. The lowest BCUT2D eigenvalue weighted by Gasteiger charge is -2.30. The Hall–Kier alpha value is -3.04. The molecule has 36 heavy (non-hydrogen) atoms.